The second-order valence-electron chi connectivity index (χ2n) is 5.20. The minimum absolute atomic E-state index is 0.0454. The number of fused-ring (bicyclic) bond motifs is 1. The average molecular weight is 353 g/mol. The van der Waals surface area contributed by atoms with E-state index in [1.807, 2.05) is 13.8 Å². The monoisotopic (exact) mass is 353 g/mol. The molecule has 0 fully saturated rings. The highest BCUT2D eigenvalue weighted by Gasteiger charge is 2.21. The average Bonchev–Trinajstić information content (AvgIpc) is 3.07. The zero-order valence-electron chi connectivity index (χ0n) is 12.5. The lowest BCUT2D eigenvalue weighted by Crippen LogP contribution is -2.16. The van der Waals surface area contributed by atoms with E-state index < -0.39 is 10.0 Å². The largest absolute Gasteiger partial charge is 0.476 e. The molecule has 0 bridgehead atoms. The SMILES string of the molecule is CC(C)COc1cncc(NS(=O)(=O)c2cnc3sccn23)n1. The van der Waals surface area contributed by atoms with Crippen molar-refractivity contribution in [1.82, 2.24) is 19.4 Å². The maximum atomic E-state index is 12.5. The van der Waals surface area contributed by atoms with Crippen LogP contribution in [0.1, 0.15) is 13.8 Å². The van der Waals surface area contributed by atoms with Gasteiger partial charge in [0, 0.05) is 11.6 Å². The van der Waals surface area contributed by atoms with Gasteiger partial charge in [-0.25, -0.2) is 4.98 Å². The lowest BCUT2D eigenvalue weighted by atomic mass is 10.2. The molecule has 0 aliphatic heterocycles. The first-order valence-electron chi connectivity index (χ1n) is 6.84. The molecule has 0 aliphatic rings. The molecular weight excluding hydrogens is 338 g/mol. The van der Waals surface area contributed by atoms with E-state index in [1.165, 1.54) is 34.3 Å². The lowest BCUT2D eigenvalue weighted by molar-refractivity contribution is 0.260. The first-order chi connectivity index (χ1) is 11.0. The number of hydrogen-bond acceptors (Lipinski definition) is 7. The summed E-state index contributed by atoms with van der Waals surface area (Å²) in [5, 5.41) is 1.81. The molecule has 0 aromatic carbocycles. The Bertz CT molecular complexity index is 916. The van der Waals surface area contributed by atoms with E-state index in [0.29, 0.717) is 17.5 Å². The summed E-state index contributed by atoms with van der Waals surface area (Å²) < 4.78 is 34.3. The number of nitrogens with one attached hydrogen (secondary N) is 1. The van der Waals surface area contributed by atoms with Crippen LogP contribution < -0.4 is 9.46 Å². The van der Waals surface area contributed by atoms with Gasteiger partial charge < -0.3 is 4.74 Å². The van der Waals surface area contributed by atoms with Crippen molar-refractivity contribution >= 4 is 32.1 Å². The zero-order valence-corrected chi connectivity index (χ0v) is 14.1. The van der Waals surface area contributed by atoms with Crippen LogP contribution in [0.25, 0.3) is 4.96 Å². The van der Waals surface area contributed by atoms with Gasteiger partial charge in [-0.15, -0.1) is 11.3 Å². The molecule has 3 rings (SSSR count). The van der Waals surface area contributed by atoms with Crippen LogP contribution in [-0.4, -0.2) is 34.4 Å². The Kier molecular flexibility index (Phi) is 4.18. The molecule has 0 aliphatic carbocycles. The number of nitrogens with zero attached hydrogens (tertiary/aromatic N) is 4. The van der Waals surface area contributed by atoms with Crippen LogP contribution in [0.3, 0.4) is 0 Å². The summed E-state index contributed by atoms with van der Waals surface area (Å²) in [5.74, 6) is 0.695. The predicted octanol–water partition coefficient (Wildman–Crippen LogP) is 2.02. The van der Waals surface area contributed by atoms with Gasteiger partial charge in [0.05, 0.1) is 25.2 Å². The summed E-state index contributed by atoms with van der Waals surface area (Å²) in [4.78, 5) is 12.7. The Labute approximate surface area is 137 Å². The maximum Gasteiger partial charge on any atom is 0.280 e. The molecule has 122 valence electrons. The van der Waals surface area contributed by atoms with E-state index in [4.69, 9.17) is 4.74 Å². The summed E-state index contributed by atoms with van der Waals surface area (Å²) in [6, 6.07) is 0. The highest BCUT2D eigenvalue weighted by molar-refractivity contribution is 7.92. The lowest BCUT2D eigenvalue weighted by Gasteiger charge is -2.09. The van der Waals surface area contributed by atoms with Gasteiger partial charge in [0.1, 0.15) is 0 Å². The molecule has 0 saturated carbocycles. The number of anilines is 1. The van der Waals surface area contributed by atoms with E-state index in [1.54, 1.807) is 11.6 Å². The number of ether oxygens (including phenoxy) is 1. The molecular formula is C13H15N5O3S2. The van der Waals surface area contributed by atoms with Crippen molar-refractivity contribution in [3.05, 3.63) is 30.2 Å². The maximum absolute atomic E-state index is 12.5. The molecule has 10 heteroatoms. The third kappa shape index (κ3) is 3.42. The predicted molar refractivity (Wildman–Crippen MR) is 86.2 cm³/mol. The molecule has 0 unspecified atom stereocenters. The van der Waals surface area contributed by atoms with Crippen LogP contribution in [0.15, 0.2) is 35.2 Å². The summed E-state index contributed by atoms with van der Waals surface area (Å²) >= 11 is 1.35. The molecule has 1 N–H and O–H groups in total. The molecule has 23 heavy (non-hydrogen) atoms. The fourth-order valence-corrected chi connectivity index (χ4v) is 3.64. The van der Waals surface area contributed by atoms with Gasteiger partial charge in [0.25, 0.3) is 10.0 Å². The van der Waals surface area contributed by atoms with Crippen LogP contribution in [0.2, 0.25) is 0 Å². The second kappa shape index (κ2) is 6.13. The number of hydrogen-bond donors (Lipinski definition) is 1. The summed E-state index contributed by atoms with van der Waals surface area (Å²) in [5.41, 5.74) is 0. The molecule has 0 saturated heterocycles. The quantitative estimate of drug-likeness (QED) is 0.728. The molecule has 0 spiro atoms. The molecule has 0 atom stereocenters. The normalized spacial score (nSPS) is 12.0. The van der Waals surface area contributed by atoms with Gasteiger partial charge in [-0.3, -0.25) is 14.1 Å². The van der Waals surface area contributed by atoms with Crippen molar-refractivity contribution in [2.75, 3.05) is 11.3 Å². The minimum atomic E-state index is -3.82. The van der Waals surface area contributed by atoms with Gasteiger partial charge >= 0.3 is 0 Å². The number of sulfonamides is 1. The van der Waals surface area contributed by atoms with E-state index in [0.717, 1.165) is 0 Å². The van der Waals surface area contributed by atoms with Crippen LogP contribution >= 0.6 is 11.3 Å². The third-order valence-corrected chi connectivity index (χ3v) is 4.90. The van der Waals surface area contributed by atoms with Crippen LogP contribution in [0, 0.1) is 5.92 Å². The Hall–Kier alpha value is -2.20. The Morgan fingerprint density at radius 1 is 1.35 bits per heavy atom. The van der Waals surface area contributed by atoms with Crippen LogP contribution in [0.5, 0.6) is 5.88 Å². The molecule has 3 aromatic heterocycles. The first-order valence-corrected chi connectivity index (χ1v) is 9.20. The first kappa shape index (κ1) is 15.7. The van der Waals surface area contributed by atoms with E-state index >= 15 is 0 Å². The third-order valence-electron chi connectivity index (χ3n) is 2.80. The second-order valence-corrected chi connectivity index (χ2v) is 7.71. The molecule has 0 amide bonds. The van der Waals surface area contributed by atoms with Gasteiger partial charge in [-0.1, -0.05) is 13.8 Å². The Balaban J connectivity index is 1.83. The summed E-state index contributed by atoms with van der Waals surface area (Å²) in [6.07, 6.45) is 5.72. The van der Waals surface area contributed by atoms with E-state index in [-0.39, 0.29) is 16.7 Å². The van der Waals surface area contributed by atoms with Crippen molar-refractivity contribution in [2.45, 2.75) is 18.9 Å². The molecule has 8 nitrogen and oxygen atoms in total. The standard InChI is InChI=1S/C13H15N5O3S2/c1-9(2)8-21-11-6-14-5-10(16-11)17-23(19,20)12-7-15-13-18(12)3-4-22-13/h3-7,9H,8H2,1-2H3,(H,16,17). The van der Waals surface area contributed by atoms with Gasteiger partial charge in [-0.05, 0) is 5.92 Å². The van der Waals surface area contributed by atoms with Crippen LogP contribution in [0.4, 0.5) is 5.82 Å². The van der Waals surface area contributed by atoms with E-state index in [9.17, 15) is 8.42 Å². The highest BCUT2D eigenvalue weighted by atomic mass is 32.2. The van der Waals surface area contributed by atoms with E-state index in [2.05, 4.69) is 19.7 Å². The van der Waals surface area contributed by atoms with Crippen LogP contribution in [-0.2, 0) is 10.0 Å². The minimum Gasteiger partial charge on any atom is -0.476 e. The van der Waals surface area contributed by atoms with Crippen molar-refractivity contribution < 1.29 is 13.2 Å². The Morgan fingerprint density at radius 2 is 2.17 bits per heavy atom. The number of rotatable bonds is 6. The van der Waals surface area contributed by atoms with Crippen molar-refractivity contribution in [3.8, 4) is 5.88 Å². The fraction of sp³-hybridized carbons (Fsp3) is 0.308. The molecule has 3 aromatic rings. The summed E-state index contributed by atoms with van der Waals surface area (Å²) in [7, 11) is -3.82. The number of imidazole rings is 1. The van der Waals surface area contributed by atoms with Crippen molar-refractivity contribution in [3.63, 3.8) is 0 Å². The van der Waals surface area contributed by atoms with Gasteiger partial charge in [0.2, 0.25) is 5.88 Å². The summed E-state index contributed by atoms with van der Waals surface area (Å²) in [6.45, 7) is 4.49. The number of thiazole rings is 1. The van der Waals surface area contributed by atoms with Crippen molar-refractivity contribution in [1.29, 1.82) is 0 Å². The Morgan fingerprint density at radius 3 is 2.96 bits per heavy atom. The van der Waals surface area contributed by atoms with Gasteiger partial charge in [-0.2, -0.15) is 13.4 Å². The smallest absolute Gasteiger partial charge is 0.280 e. The fourth-order valence-electron chi connectivity index (χ4n) is 1.81. The van der Waals surface area contributed by atoms with Crippen molar-refractivity contribution in [2.24, 2.45) is 5.92 Å². The topological polar surface area (TPSA) is 98.5 Å². The highest BCUT2D eigenvalue weighted by Crippen LogP contribution is 2.19. The number of aromatic nitrogens is 4. The molecule has 3 heterocycles. The van der Waals surface area contributed by atoms with Gasteiger partial charge in [0.15, 0.2) is 15.8 Å². The zero-order chi connectivity index (χ0) is 16.4. The molecule has 0 radical (unpaired) electrons.